The van der Waals surface area contributed by atoms with Gasteiger partial charge in [0.2, 0.25) is 16.6 Å². The van der Waals surface area contributed by atoms with Gasteiger partial charge in [-0.2, -0.15) is 0 Å². The molecule has 124 valence electrons. The summed E-state index contributed by atoms with van der Waals surface area (Å²) in [6.45, 7) is 16.9. The van der Waals surface area contributed by atoms with Gasteiger partial charge in [0.15, 0.2) is 0 Å². The SMILES string of the molecule is COC(O[Si](C)(C)C)=C(C)CC(C)=C(OC)O[Si](C)(C)C. The summed E-state index contributed by atoms with van der Waals surface area (Å²) in [5.74, 6) is 1.24. The minimum Gasteiger partial charge on any atom is -0.520 e. The van der Waals surface area contributed by atoms with Crippen LogP contribution in [0, 0.1) is 0 Å². The third kappa shape index (κ3) is 8.88. The molecule has 0 rings (SSSR count). The molecule has 0 atom stereocenters. The minimum absolute atomic E-state index is 0.622. The van der Waals surface area contributed by atoms with Crippen LogP contribution in [0.25, 0.3) is 0 Å². The molecule has 21 heavy (non-hydrogen) atoms. The molecule has 0 aromatic rings. The van der Waals surface area contributed by atoms with Crippen LogP contribution in [-0.2, 0) is 18.3 Å². The molecule has 4 nitrogen and oxygen atoms in total. The van der Waals surface area contributed by atoms with Gasteiger partial charge in [0, 0.05) is 17.6 Å². The Morgan fingerprint density at radius 2 is 0.952 bits per heavy atom. The van der Waals surface area contributed by atoms with Crippen LogP contribution in [0.5, 0.6) is 0 Å². The molecule has 0 spiro atoms. The summed E-state index contributed by atoms with van der Waals surface area (Å²) < 4.78 is 22.7. The zero-order valence-corrected chi connectivity index (χ0v) is 17.3. The van der Waals surface area contributed by atoms with Gasteiger partial charge in [-0.15, -0.1) is 0 Å². The second-order valence-corrected chi connectivity index (χ2v) is 16.0. The van der Waals surface area contributed by atoms with Crippen LogP contribution in [0.2, 0.25) is 39.3 Å². The Morgan fingerprint density at radius 3 is 1.14 bits per heavy atom. The molecule has 0 aromatic heterocycles. The van der Waals surface area contributed by atoms with Gasteiger partial charge in [0.1, 0.15) is 0 Å². The lowest BCUT2D eigenvalue weighted by atomic mass is 10.1. The second kappa shape index (κ2) is 7.93. The molecule has 0 saturated heterocycles. The van der Waals surface area contributed by atoms with Crippen molar-refractivity contribution in [3.8, 4) is 0 Å². The average Bonchev–Trinajstić information content (AvgIpc) is 2.30. The van der Waals surface area contributed by atoms with Crippen molar-refractivity contribution in [2.24, 2.45) is 0 Å². The quantitative estimate of drug-likeness (QED) is 0.471. The summed E-state index contributed by atoms with van der Waals surface area (Å²) in [7, 11) is -0.0734. The maximum atomic E-state index is 5.96. The van der Waals surface area contributed by atoms with Gasteiger partial charge in [-0.3, -0.25) is 0 Å². The Labute approximate surface area is 132 Å². The molecular formula is C15H32O4Si2. The van der Waals surface area contributed by atoms with E-state index in [2.05, 4.69) is 39.3 Å². The predicted molar refractivity (Wildman–Crippen MR) is 92.9 cm³/mol. The van der Waals surface area contributed by atoms with Gasteiger partial charge >= 0.3 is 0 Å². The first-order chi connectivity index (χ1) is 9.39. The fourth-order valence-corrected chi connectivity index (χ4v) is 3.33. The highest BCUT2D eigenvalue weighted by molar-refractivity contribution is 6.70. The van der Waals surface area contributed by atoms with Crippen LogP contribution in [-0.4, -0.2) is 30.9 Å². The number of ether oxygens (including phenoxy) is 2. The van der Waals surface area contributed by atoms with E-state index < -0.39 is 16.6 Å². The lowest BCUT2D eigenvalue weighted by Gasteiger charge is -2.24. The van der Waals surface area contributed by atoms with Gasteiger partial charge in [-0.05, 0) is 53.1 Å². The molecule has 0 aliphatic heterocycles. The third-order valence-electron chi connectivity index (χ3n) is 2.40. The molecule has 0 aromatic carbocycles. The first-order valence-corrected chi connectivity index (χ1v) is 14.1. The maximum absolute atomic E-state index is 5.96. The Kier molecular flexibility index (Phi) is 7.60. The van der Waals surface area contributed by atoms with Gasteiger partial charge in [-0.1, -0.05) is 0 Å². The van der Waals surface area contributed by atoms with Crippen LogP contribution in [0.3, 0.4) is 0 Å². The molecule has 0 fully saturated rings. The van der Waals surface area contributed by atoms with E-state index in [0.29, 0.717) is 18.3 Å². The third-order valence-corrected chi connectivity index (χ3v) is 3.99. The van der Waals surface area contributed by atoms with E-state index in [1.807, 2.05) is 13.8 Å². The molecule has 0 bridgehead atoms. The largest absolute Gasteiger partial charge is 0.520 e. The van der Waals surface area contributed by atoms with Crippen molar-refractivity contribution in [1.29, 1.82) is 0 Å². The fraction of sp³-hybridized carbons (Fsp3) is 0.733. The smallest absolute Gasteiger partial charge is 0.264 e. The summed E-state index contributed by atoms with van der Waals surface area (Å²) in [6, 6.07) is 0. The van der Waals surface area contributed by atoms with E-state index in [1.54, 1.807) is 14.2 Å². The topological polar surface area (TPSA) is 36.9 Å². The Morgan fingerprint density at radius 1 is 0.667 bits per heavy atom. The summed E-state index contributed by atoms with van der Waals surface area (Å²) in [6.07, 6.45) is 0.710. The molecule has 0 saturated carbocycles. The van der Waals surface area contributed by atoms with E-state index in [0.717, 1.165) is 11.1 Å². The number of allylic oxidation sites excluding steroid dienone is 2. The molecular weight excluding hydrogens is 300 g/mol. The van der Waals surface area contributed by atoms with Crippen LogP contribution >= 0.6 is 0 Å². The van der Waals surface area contributed by atoms with Gasteiger partial charge in [0.25, 0.3) is 11.9 Å². The van der Waals surface area contributed by atoms with E-state index in [9.17, 15) is 0 Å². The zero-order chi connectivity index (χ0) is 16.8. The van der Waals surface area contributed by atoms with Crippen LogP contribution in [0.4, 0.5) is 0 Å². The van der Waals surface area contributed by atoms with E-state index in [4.69, 9.17) is 18.3 Å². The summed E-state index contributed by atoms with van der Waals surface area (Å²) in [4.78, 5) is 0. The van der Waals surface area contributed by atoms with E-state index >= 15 is 0 Å². The summed E-state index contributed by atoms with van der Waals surface area (Å²) >= 11 is 0. The van der Waals surface area contributed by atoms with Crippen molar-refractivity contribution >= 4 is 16.6 Å². The van der Waals surface area contributed by atoms with Gasteiger partial charge in [0.05, 0.1) is 14.2 Å². The first kappa shape index (κ1) is 20.1. The summed E-state index contributed by atoms with van der Waals surface area (Å²) in [5.41, 5.74) is 2.09. The second-order valence-electron chi connectivity index (χ2n) is 7.15. The molecule has 0 unspecified atom stereocenters. The normalized spacial score (nSPS) is 15.0. The predicted octanol–water partition coefficient (Wildman–Crippen LogP) is 4.84. The van der Waals surface area contributed by atoms with Gasteiger partial charge < -0.3 is 18.3 Å². The monoisotopic (exact) mass is 332 g/mol. The van der Waals surface area contributed by atoms with Crippen molar-refractivity contribution in [1.82, 2.24) is 0 Å². The molecule has 0 heterocycles. The van der Waals surface area contributed by atoms with Crippen LogP contribution in [0.15, 0.2) is 23.0 Å². The molecule has 0 radical (unpaired) electrons. The highest BCUT2D eigenvalue weighted by atomic mass is 28.4. The van der Waals surface area contributed by atoms with Crippen molar-refractivity contribution in [2.75, 3.05) is 14.2 Å². The average molecular weight is 333 g/mol. The lowest BCUT2D eigenvalue weighted by molar-refractivity contribution is 0.137. The molecule has 0 aliphatic carbocycles. The number of rotatable bonds is 8. The number of hydrogen-bond donors (Lipinski definition) is 0. The van der Waals surface area contributed by atoms with Crippen LogP contribution < -0.4 is 0 Å². The molecule has 6 heteroatoms. The highest BCUT2D eigenvalue weighted by Crippen LogP contribution is 2.23. The Bertz CT molecular complexity index is 363. The Hall–Kier alpha value is -0.886. The van der Waals surface area contributed by atoms with E-state index in [1.165, 1.54) is 0 Å². The van der Waals surface area contributed by atoms with Gasteiger partial charge in [-0.25, -0.2) is 0 Å². The standard InChI is InChI=1S/C15H32O4Si2/c1-12(14(16-3)18-20(5,6)7)11-13(2)15(17-4)19-21(8,9)10/h11H2,1-10H3. The highest BCUT2D eigenvalue weighted by Gasteiger charge is 2.22. The van der Waals surface area contributed by atoms with Crippen LogP contribution in [0.1, 0.15) is 20.3 Å². The van der Waals surface area contributed by atoms with E-state index in [-0.39, 0.29) is 0 Å². The van der Waals surface area contributed by atoms with Crippen molar-refractivity contribution in [3.63, 3.8) is 0 Å². The molecule has 0 aliphatic rings. The fourth-order valence-electron chi connectivity index (χ4n) is 1.70. The molecule has 0 N–H and O–H groups in total. The summed E-state index contributed by atoms with van der Waals surface area (Å²) in [5, 5.41) is 0. The van der Waals surface area contributed by atoms with Crippen molar-refractivity contribution in [3.05, 3.63) is 23.0 Å². The Balaban J connectivity index is 5.20. The lowest BCUT2D eigenvalue weighted by Crippen LogP contribution is -2.26. The molecule has 0 amide bonds. The maximum Gasteiger partial charge on any atom is 0.264 e. The van der Waals surface area contributed by atoms with Crippen molar-refractivity contribution < 1.29 is 18.3 Å². The number of methoxy groups -OCH3 is 2. The van der Waals surface area contributed by atoms with Crippen molar-refractivity contribution in [2.45, 2.75) is 59.6 Å². The zero-order valence-electron chi connectivity index (χ0n) is 15.3. The first-order valence-electron chi connectivity index (χ1n) is 7.25. The minimum atomic E-state index is -1.68. The number of hydrogen-bond acceptors (Lipinski definition) is 4.